The number of benzene rings is 2. The van der Waals surface area contributed by atoms with Crippen LogP contribution in [0.5, 0.6) is 5.75 Å². The van der Waals surface area contributed by atoms with E-state index in [0.717, 1.165) is 16.9 Å². The fourth-order valence-electron chi connectivity index (χ4n) is 3.06. The molecule has 0 amide bonds. The summed E-state index contributed by atoms with van der Waals surface area (Å²) in [5.74, 6) is -3.05. The predicted octanol–water partition coefficient (Wildman–Crippen LogP) is 2.92. The number of carboxylic acid groups (broad SMARTS) is 1. The summed E-state index contributed by atoms with van der Waals surface area (Å²) >= 11 is 0. The Morgan fingerprint density at radius 3 is 2.50 bits per heavy atom. The van der Waals surface area contributed by atoms with Crippen LogP contribution in [-0.4, -0.2) is 26.7 Å². The molecule has 134 valence electrons. The minimum atomic E-state index is -1.15. The molecule has 1 aromatic heterocycles. The maximum absolute atomic E-state index is 14.5. The second-order valence-electron chi connectivity index (χ2n) is 6.14. The van der Waals surface area contributed by atoms with E-state index < -0.39 is 29.9 Å². The number of phenols is 1. The van der Waals surface area contributed by atoms with E-state index in [2.05, 4.69) is 9.24 Å². The number of fused-ring (bicyclic) bond motifs is 1. The second-order valence-corrected chi connectivity index (χ2v) is 6.76. The van der Waals surface area contributed by atoms with Crippen molar-refractivity contribution in [2.45, 2.75) is 20.3 Å². The van der Waals surface area contributed by atoms with Crippen LogP contribution in [0.1, 0.15) is 27.2 Å². The zero-order valence-corrected chi connectivity index (χ0v) is 15.4. The molecule has 2 N–H and O–H groups in total. The molecule has 3 aromatic rings. The average molecular weight is 373 g/mol. The summed E-state index contributed by atoms with van der Waals surface area (Å²) in [6.07, 6.45) is -0.453. The van der Waals surface area contributed by atoms with E-state index in [-0.39, 0.29) is 16.5 Å². The molecule has 0 aliphatic rings. The first kappa shape index (κ1) is 18.1. The van der Waals surface area contributed by atoms with Crippen LogP contribution in [0.15, 0.2) is 30.3 Å². The monoisotopic (exact) mass is 373 g/mol. The van der Waals surface area contributed by atoms with E-state index in [1.165, 1.54) is 10.6 Å². The number of aryl methyl sites for hydroxylation is 1. The maximum atomic E-state index is 14.5. The summed E-state index contributed by atoms with van der Waals surface area (Å²) in [6.45, 7) is 3.48. The SMILES string of the molecule is Cc1ccc(C(=O)n2c(C)c(CC(=O)O)c3c(F)c(O)ccc32)cc1P. The highest BCUT2D eigenvalue weighted by molar-refractivity contribution is 7.27. The highest BCUT2D eigenvalue weighted by Gasteiger charge is 2.25. The largest absolute Gasteiger partial charge is 0.505 e. The molecule has 1 heterocycles. The van der Waals surface area contributed by atoms with Crippen LogP contribution in [0.25, 0.3) is 10.9 Å². The Kier molecular flexibility index (Phi) is 4.55. The second kappa shape index (κ2) is 6.54. The van der Waals surface area contributed by atoms with Crippen LogP contribution < -0.4 is 5.30 Å². The number of nitrogens with zero attached hydrogens (tertiary/aromatic N) is 1. The third kappa shape index (κ3) is 2.86. The average Bonchev–Trinajstić information content (AvgIpc) is 2.85. The number of aliphatic carboxylic acids is 1. The molecule has 0 spiro atoms. The van der Waals surface area contributed by atoms with E-state index >= 15 is 0 Å². The molecule has 0 saturated heterocycles. The first-order chi connectivity index (χ1) is 12.2. The molecule has 2 aromatic carbocycles. The fraction of sp³-hybridized carbons (Fsp3) is 0.158. The number of carboxylic acids is 1. The van der Waals surface area contributed by atoms with Crippen LogP contribution in [0.2, 0.25) is 0 Å². The highest BCUT2D eigenvalue weighted by Crippen LogP contribution is 2.33. The molecule has 0 fully saturated rings. The zero-order chi connectivity index (χ0) is 19.2. The van der Waals surface area contributed by atoms with Gasteiger partial charge < -0.3 is 10.2 Å². The Labute approximate surface area is 151 Å². The van der Waals surface area contributed by atoms with Crippen LogP contribution in [0.4, 0.5) is 4.39 Å². The van der Waals surface area contributed by atoms with Crippen LogP contribution in [0.3, 0.4) is 0 Å². The van der Waals surface area contributed by atoms with Crippen molar-refractivity contribution >= 4 is 37.3 Å². The van der Waals surface area contributed by atoms with Crippen LogP contribution in [-0.2, 0) is 11.2 Å². The molecule has 0 aliphatic heterocycles. The van der Waals surface area contributed by atoms with Crippen molar-refractivity contribution < 1.29 is 24.2 Å². The Balaban J connectivity index is 2.30. The molecule has 3 rings (SSSR count). The summed E-state index contributed by atoms with van der Waals surface area (Å²) in [4.78, 5) is 24.3. The van der Waals surface area contributed by atoms with Gasteiger partial charge in [-0.2, -0.15) is 0 Å². The van der Waals surface area contributed by atoms with Gasteiger partial charge in [-0.05, 0) is 54.5 Å². The number of aromatic nitrogens is 1. The molecule has 1 atom stereocenters. The number of hydrogen-bond donors (Lipinski definition) is 2. The van der Waals surface area contributed by atoms with Crippen molar-refractivity contribution in [1.29, 1.82) is 0 Å². The predicted molar refractivity (Wildman–Crippen MR) is 99.9 cm³/mol. The summed E-state index contributed by atoms with van der Waals surface area (Å²) in [5, 5.41) is 19.7. The molecule has 1 unspecified atom stereocenters. The number of phenolic OH excluding ortho intramolecular Hbond substituents is 1. The van der Waals surface area contributed by atoms with Gasteiger partial charge in [0.05, 0.1) is 11.9 Å². The minimum Gasteiger partial charge on any atom is -0.505 e. The van der Waals surface area contributed by atoms with Crippen molar-refractivity contribution in [2.75, 3.05) is 0 Å². The van der Waals surface area contributed by atoms with E-state index in [1.807, 2.05) is 6.92 Å². The molecule has 7 heteroatoms. The van der Waals surface area contributed by atoms with Crippen molar-refractivity contribution in [1.82, 2.24) is 4.57 Å². The molecular formula is C19H17FNO4P. The Hall–Kier alpha value is -2.72. The third-order valence-electron chi connectivity index (χ3n) is 4.47. The van der Waals surface area contributed by atoms with Gasteiger partial charge >= 0.3 is 5.97 Å². The van der Waals surface area contributed by atoms with Gasteiger partial charge in [0.2, 0.25) is 0 Å². The van der Waals surface area contributed by atoms with Gasteiger partial charge in [-0.25, -0.2) is 4.39 Å². The standard InChI is InChI=1S/C19H17FNO4P/c1-9-3-4-11(7-15(9)26)19(25)21-10(2)12(8-16(23)24)17-13(21)5-6-14(22)18(17)20/h3-7,22H,8,26H2,1-2H3,(H,23,24). The van der Waals surface area contributed by atoms with Gasteiger partial charge in [-0.15, -0.1) is 9.24 Å². The van der Waals surface area contributed by atoms with Crippen LogP contribution >= 0.6 is 9.24 Å². The third-order valence-corrected chi connectivity index (χ3v) is 5.09. The number of carbonyl (C=O) groups excluding carboxylic acids is 1. The molecule has 5 nitrogen and oxygen atoms in total. The maximum Gasteiger partial charge on any atom is 0.307 e. The molecular weight excluding hydrogens is 356 g/mol. The van der Waals surface area contributed by atoms with E-state index in [0.29, 0.717) is 11.3 Å². The first-order valence-corrected chi connectivity index (χ1v) is 8.44. The number of halogens is 1. The summed E-state index contributed by atoms with van der Waals surface area (Å²) in [6, 6.07) is 7.76. The molecule has 0 bridgehead atoms. The summed E-state index contributed by atoms with van der Waals surface area (Å²) in [7, 11) is 2.55. The van der Waals surface area contributed by atoms with Gasteiger partial charge in [-0.1, -0.05) is 6.07 Å². The summed E-state index contributed by atoms with van der Waals surface area (Å²) in [5.41, 5.74) is 2.14. The smallest absolute Gasteiger partial charge is 0.307 e. The number of carbonyl (C=O) groups is 2. The van der Waals surface area contributed by atoms with Crippen molar-refractivity contribution in [3.63, 3.8) is 0 Å². The fourth-order valence-corrected chi connectivity index (χ4v) is 3.33. The Morgan fingerprint density at radius 1 is 1.19 bits per heavy atom. The first-order valence-electron chi connectivity index (χ1n) is 7.86. The lowest BCUT2D eigenvalue weighted by atomic mass is 10.1. The lowest BCUT2D eigenvalue weighted by molar-refractivity contribution is -0.136. The number of hydrogen-bond acceptors (Lipinski definition) is 3. The van der Waals surface area contributed by atoms with Crippen molar-refractivity contribution in [3.8, 4) is 5.75 Å². The Bertz CT molecular complexity index is 1070. The lowest BCUT2D eigenvalue weighted by Crippen LogP contribution is -2.16. The van der Waals surface area contributed by atoms with Gasteiger partial charge in [0.25, 0.3) is 5.91 Å². The van der Waals surface area contributed by atoms with Crippen LogP contribution in [0, 0.1) is 19.7 Å². The van der Waals surface area contributed by atoms with Crippen molar-refractivity contribution in [2.24, 2.45) is 0 Å². The van der Waals surface area contributed by atoms with Gasteiger partial charge in [-0.3, -0.25) is 14.2 Å². The normalized spacial score (nSPS) is 11.1. The molecule has 0 radical (unpaired) electrons. The number of rotatable bonds is 3. The minimum absolute atomic E-state index is 0.0449. The van der Waals surface area contributed by atoms with E-state index in [9.17, 15) is 19.1 Å². The quantitative estimate of drug-likeness (QED) is 0.692. The molecule has 0 saturated carbocycles. The van der Waals surface area contributed by atoms with Gasteiger partial charge in [0.15, 0.2) is 11.6 Å². The van der Waals surface area contributed by atoms with Crippen molar-refractivity contribution in [3.05, 3.63) is 58.5 Å². The highest BCUT2D eigenvalue weighted by atomic mass is 31.0. The van der Waals surface area contributed by atoms with Gasteiger partial charge in [0, 0.05) is 16.6 Å². The topological polar surface area (TPSA) is 79.5 Å². The van der Waals surface area contributed by atoms with Gasteiger partial charge in [0.1, 0.15) is 0 Å². The lowest BCUT2D eigenvalue weighted by Gasteiger charge is -2.09. The van der Waals surface area contributed by atoms with E-state index in [4.69, 9.17) is 5.11 Å². The molecule has 26 heavy (non-hydrogen) atoms. The Morgan fingerprint density at radius 2 is 1.88 bits per heavy atom. The number of aromatic hydroxyl groups is 1. The summed E-state index contributed by atoms with van der Waals surface area (Å²) < 4.78 is 15.8. The molecule has 0 aliphatic carbocycles. The van der Waals surface area contributed by atoms with E-state index in [1.54, 1.807) is 25.1 Å². The zero-order valence-electron chi connectivity index (χ0n) is 14.2.